The maximum Gasteiger partial charge on any atom is 0.271 e. The van der Waals surface area contributed by atoms with Gasteiger partial charge < -0.3 is 15.4 Å². The maximum atomic E-state index is 12.5. The normalized spacial score (nSPS) is 16.7. The van der Waals surface area contributed by atoms with Crippen LogP contribution in [-0.4, -0.2) is 29.4 Å². The molecule has 2 aromatic carbocycles. The number of primary amides is 1. The molecule has 128 valence electrons. The van der Waals surface area contributed by atoms with Gasteiger partial charge in [-0.25, -0.2) is 0 Å². The summed E-state index contributed by atoms with van der Waals surface area (Å²) in [5.74, 6) is -0.357. The molecule has 2 N–H and O–H groups in total. The monoisotopic (exact) mass is 341 g/mol. The van der Waals surface area contributed by atoms with Crippen LogP contribution in [-0.2, 0) is 4.79 Å². The Balaban J connectivity index is 1.72. The zero-order chi connectivity index (χ0) is 18.0. The Morgan fingerprint density at radius 1 is 1.24 bits per heavy atom. The lowest BCUT2D eigenvalue weighted by Crippen LogP contribution is -2.32. The fraction of sp³-hybridized carbons (Fsp3) is 0.176. The molecule has 1 aliphatic heterocycles. The Hall–Kier alpha value is -3.42. The van der Waals surface area contributed by atoms with Crippen LogP contribution < -0.4 is 15.4 Å². The number of nitro benzene ring substituents is 1. The van der Waals surface area contributed by atoms with Crippen molar-refractivity contribution in [3.63, 3.8) is 0 Å². The second kappa shape index (κ2) is 6.60. The molecule has 0 bridgehead atoms. The van der Waals surface area contributed by atoms with Gasteiger partial charge in [-0.1, -0.05) is 6.07 Å². The molecule has 0 aromatic heterocycles. The Bertz CT molecular complexity index is 834. The molecule has 0 spiro atoms. The van der Waals surface area contributed by atoms with E-state index < -0.39 is 16.9 Å². The van der Waals surface area contributed by atoms with Gasteiger partial charge in [0, 0.05) is 30.7 Å². The van der Waals surface area contributed by atoms with Crippen LogP contribution in [0.4, 0.5) is 11.4 Å². The SMILES string of the molecule is NC(=O)c1ccc(OC2CCN(c3cccc([N+](=O)[O-])c3)C2=O)cc1. The first-order chi connectivity index (χ1) is 12.0. The lowest BCUT2D eigenvalue weighted by molar-refractivity contribution is -0.384. The molecule has 2 aromatic rings. The molecular weight excluding hydrogens is 326 g/mol. The molecule has 0 aliphatic carbocycles. The summed E-state index contributed by atoms with van der Waals surface area (Å²) in [5, 5.41) is 10.9. The predicted molar refractivity (Wildman–Crippen MR) is 89.4 cm³/mol. The van der Waals surface area contributed by atoms with E-state index in [4.69, 9.17) is 10.5 Å². The molecule has 1 unspecified atom stereocenters. The van der Waals surface area contributed by atoms with E-state index in [1.54, 1.807) is 18.2 Å². The summed E-state index contributed by atoms with van der Waals surface area (Å²) in [5.41, 5.74) is 5.92. The zero-order valence-electron chi connectivity index (χ0n) is 13.1. The molecule has 1 aliphatic rings. The van der Waals surface area contributed by atoms with Crippen molar-refractivity contribution < 1.29 is 19.2 Å². The number of non-ortho nitro benzene ring substituents is 1. The summed E-state index contributed by atoms with van der Waals surface area (Å²) in [6.07, 6.45) is -0.224. The number of nitro groups is 1. The van der Waals surface area contributed by atoms with Gasteiger partial charge in [0.15, 0.2) is 6.10 Å². The fourth-order valence-corrected chi connectivity index (χ4v) is 2.66. The lowest BCUT2D eigenvalue weighted by Gasteiger charge is -2.17. The Labute approximate surface area is 142 Å². The molecule has 3 rings (SSSR count). The van der Waals surface area contributed by atoms with E-state index in [2.05, 4.69) is 0 Å². The standard InChI is InChI=1S/C17H15N3O5/c18-16(21)11-4-6-14(7-5-11)25-15-8-9-19(17(15)22)12-2-1-3-13(10-12)20(23)24/h1-7,10,15H,8-9H2,(H2,18,21). The first-order valence-corrected chi connectivity index (χ1v) is 7.58. The molecule has 2 amide bonds. The number of ether oxygens (including phenoxy) is 1. The second-order valence-electron chi connectivity index (χ2n) is 5.55. The number of benzene rings is 2. The molecule has 1 heterocycles. The highest BCUT2D eigenvalue weighted by Crippen LogP contribution is 2.27. The Morgan fingerprint density at radius 2 is 1.96 bits per heavy atom. The molecule has 1 saturated heterocycles. The predicted octanol–water partition coefficient (Wildman–Crippen LogP) is 1.88. The van der Waals surface area contributed by atoms with Gasteiger partial charge in [0.25, 0.3) is 11.6 Å². The molecular formula is C17H15N3O5. The summed E-state index contributed by atoms with van der Waals surface area (Å²) in [6.45, 7) is 0.407. The van der Waals surface area contributed by atoms with Gasteiger partial charge in [0.1, 0.15) is 5.75 Å². The minimum Gasteiger partial charge on any atom is -0.481 e. The first kappa shape index (κ1) is 16.4. The van der Waals surface area contributed by atoms with Crippen molar-refractivity contribution in [2.75, 3.05) is 11.4 Å². The molecule has 8 nitrogen and oxygen atoms in total. The van der Waals surface area contributed by atoms with Gasteiger partial charge in [0.05, 0.1) is 10.6 Å². The highest BCUT2D eigenvalue weighted by atomic mass is 16.6. The van der Waals surface area contributed by atoms with Crippen LogP contribution in [0.2, 0.25) is 0 Å². The molecule has 8 heteroatoms. The van der Waals surface area contributed by atoms with Crippen LogP contribution in [0.3, 0.4) is 0 Å². The van der Waals surface area contributed by atoms with E-state index in [0.717, 1.165) is 0 Å². The summed E-state index contributed by atoms with van der Waals surface area (Å²) < 4.78 is 5.67. The largest absolute Gasteiger partial charge is 0.481 e. The van der Waals surface area contributed by atoms with Crippen molar-refractivity contribution in [3.05, 3.63) is 64.2 Å². The van der Waals surface area contributed by atoms with E-state index in [1.165, 1.54) is 35.2 Å². The smallest absolute Gasteiger partial charge is 0.271 e. The molecule has 1 atom stereocenters. The van der Waals surface area contributed by atoms with E-state index in [9.17, 15) is 19.7 Å². The van der Waals surface area contributed by atoms with Crippen molar-refractivity contribution in [3.8, 4) is 5.75 Å². The molecule has 1 fully saturated rings. The number of anilines is 1. The first-order valence-electron chi connectivity index (χ1n) is 7.58. The number of nitrogens with zero attached hydrogens (tertiary/aromatic N) is 2. The Kier molecular flexibility index (Phi) is 4.34. The van der Waals surface area contributed by atoms with Crippen molar-refractivity contribution in [1.29, 1.82) is 0 Å². The number of nitrogens with two attached hydrogens (primary N) is 1. The summed E-state index contributed by atoms with van der Waals surface area (Å²) in [4.78, 5) is 35.4. The molecule has 0 radical (unpaired) electrons. The summed E-state index contributed by atoms with van der Waals surface area (Å²) >= 11 is 0. The van der Waals surface area contributed by atoms with Crippen LogP contribution in [0, 0.1) is 10.1 Å². The fourth-order valence-electron chi connectivity index (χ4n) is 2.66. The van der Waals surface area contributed by atoms with Gasteiger partial charge in [0.2, 0.25) is 5.91 Å². The number of carbonyl (C=O) groups excluding carboxylic acids is 2. The van der Waals surface area contributed by atoms with Gasteiger partial charge in [-0.2, -0.15) is 0 Å². The minimum atomic E-state index is -0.682. The third-order valence-electron chi connectivity index (χ3n) is 3.93. The minimum absolute atomic E-state index is 0.0725. The average Bonchev–Trinajstić information content (AvgIpc) is 2.96. The van der Waals surface area contributed by atoms with Crippen LogP contribution in [0.25, 0.3) is 0 Å². The van der Waals surface area contributed by atoms with Crippen LogP contribution >= 0.6 is 0 Å². The van der Waals surface area contributed by atoms with Crippen LogP contribution in [0.1, 0.15) is 16.8 Å². The van der Waals surface area contributed by atoms with E-state index in [1.807, 2.05) is 0 Å². The number of amides is 2. The van der Waals surface area contributed by atoms with Gasteiger partial charge in [-0.3, -0.25) is 19.7 Å². The maximum absolute atomic E-state index is 12.5. The molecule has 25 heavy (non-hydrogen) atoms. The van der Waals surface area contributed by atoms with Crippen molar-refractivity contribution in [1.82, 2.24) is 0 Å². The summed E-state index contributed by atoms with van der Waals surface area (Å²) in [7, 11) is 0. The van der Waals surface area contributed by atoms with Crippen LogP contribution in [0.5, 0.6) is 5.75 Å². The summed E-state index contributed by atoms with van der Waals surface area (Å²) in [6, 6.07) is 12.1. The van der Waals surface area contributed by atoms with Crippen molar-refractivity contribution in [2.24, 2.45) is 5.73 Å². The van der Waals surface area contributed by atoms with Crippen molar-refractivity contribution >= 4 is 23.2 Å². The number of hydrogen-bond acceptors (Lipinski definition) is 5. The topological polar surface area (TPSA) is 116 Å². The number of rotatable bonds is 5. The molecule has 0 saturated carbocycles. The lowest BCUT2D eigenvalue weighted by atomic mass is 10.2. The third-order valence-corrected chi connectivity index (χ3v) is 3.93. The third kappa shape index (κ3) is 3.42. The quantitative estimate of drug-likeness (QED) is 0.658. The van der Waals surface area contributed by atoms with E-state index in [-0.39, 0.29) is 11.6 Å². The zero-order valence-corrected chi connectivity index (χ0v) is 13.1. The highest BCUT2D eigenvalue weighted by Gasteiger charge is 2.34. The van der Waals surface area contributed by atoms with Gasteiger partial charge >= 0.3 is 0 Å². The van der Waals surface area contributed by atoms with E-state index in [0.29, 0.717) is 30.0 Å². The second-order valence-corrected chi connectivity index (χ2v) is 5.55. The van der Waals surface area contributed by atoms with Crippen LogP contribution in [0.15, 0.2) is 48.5 Å². The average molecular weight is 341 g/mol. The van der Waals surface area contributed by atoms with Gasteiger partial charge in [-0.05, 0) is 30.3 Å². The highest BCUT2D eigenvalue weighted by molar-refractivity contribution is 5.99. The number of carbonyl (C=O) groups is 2. The van der Waals surface area contributed by atoms with Gasteiger partial charge in [-0.15, -0.1) is 0 Å². The number of hydrogen-bond donors (Lipinski definition) is 1. The van der Waals surface area contributed by atoms with Crippen molar-refractivity contribution in [2.45, 2.75) is 12.5 Å². The Morgan fingerprint density at radius 3 is 2.60 bits per heavy atom. The van der Waals surface area contributed by atoms with E-state index >= 15 is 0 Å².